The number of benzene rings is 1. The average molecular weight is 418 g/mol. The van der Waals surface area contributed by atoms with Crippen molar-refractivity contribution in [2.75, 3.05) is 13.1 Å². The van der Waals surface area contributed by atoms with E-state index in [2.05, 4.69) is 25.2 Å². The van der Waals surface area contributed by atoms with Gasteiger partial charge in [-0.05, 0) is 44.2 Å². The molecule has 1 aliphatic heterocycles. The van der Waals surface area contributed by atoms with Gasteiger partial charge in [0.05, 0.1) is 11.7 Å². The van der Waals surface area contributed by atoms with E-state index in [-0.39, 0.29) is 4.90 Å². The van der Waals surface area contributed by atoms with Gasteiger partial charge in [-0.15, -0.1) is 0 Å². The molecule has 1 saturated heterocycles. The molecule has 0 bridgehead atoms. The third kappa shape index (κ3) is 2.96. The molecule has 0 spiro atoms. The van der Waals surface area contributed by atoms with Gasteiger partial charge >= 0.3 is 0 Å². The molecule has 5 rings (SSSR count). The average Bonchev–Trinajstić information content (AvgIpc) is 3.36. The molecule has 0 N–H and O–H groups in total. The maximum atomic E-state index is 13.2. The largest absolute Gasteiger partial charge is 0.332 e. The molecule has 1 aliphatic carbocycles. The van der Waals surface area contributed by atoms with E-state index in [9.17, 15) is 8.42 Å². The Labute approximate surface area is 168 Å². The molecule has 2 aliphatic rings. The summed E-state index contributed by atoms with van der Waals surface area (Å²) < 4.78 is 38.8. The van der Waals surface area contributed by atoms with Crippen LogP contribution in [0.15, 0.2) is 29.3 Å². The Morgan fingerprint density at radius 1 is 1.21 bits per heavy atom. The van der Waals surface area contributed by atoms with Crippen LogP contribution in [0.3, 0.4) is 0 Å². The van der Waals surface area contributed by atoms with E-state index >= 15 is 0 Å². The lowest BCUT2D eigenvalue weighted by Crippen LogP contribution is -2.30. The van der Waals surface area contributed by atoms with Gasteiger partial charge in [0.1, 0.15) is 21.8 Å². The minimum Gasteiger partial charge on any atom is -0.332 e. The van der Waals surface area contributed by atoms with Gasteiger partial charge in [0.2, 0.25) is 10.0 Å². The molecule has 148 valence electrons. The summed E-state index contributed by atoms with van der Waals surface area (Å²) in [6, 6.07) is 5.18. The molecule has 0 amide bonds. The van der Waals surface area contributed by atoms with Crippen molar-refractivity contribution in [2.24, 2.45) is 5.92 Å². The van der Waals surface area contributed by atoms with Crippen LogP contribution in [0.4, 0.5) is 0 Å². The molecule has 1 unspecified atom stereocenters. The van der Waals surface area contributed by atoms with Gasteiger partial charge in [0, 0.05) is 37.4 Å². The fourth-order valence-corrected chi connectivity index (χ4v) is 6.54. The van der Waals surface area contributed by atoms with Gasteiger partial charge in [-0.1, -0.05) is 12.5 Å². The zero-order valence-corrected chi connectivity index (χ0v) is 17.4. The first-order chi connectivity index (χ1) is 13.5. The highest BCUT2D eigenvalue weighted by atomic mass is 32.2. The van der Waals surface area contributed by atoms with Crippen LogP contribution in [-0.4, -0.2) is 44.1 Å². The summed E-state index contributed by atoms with van der Waals surface area (Å²) in [5.41, 5.74) is 2.29. The summed E-state index contributed by atoms with van der Waals surface area (Å²) in [4.78, 5) is 4.91. The van der Waals surface area contributed by atoms with E-state index in [0.29, 0.717) is 36.0 Å². The van der Waals surface area contributed by atoms with Crippen LogP contribution in [0.2, 0.25) is 0 Å². The SMILES string of the molecule is Cc1cnc(C2CCC2)n1CC1CCN(S(=O)(=O)c2cccc3nsnc23)C1. The standard InChI is InChI=1S/C19H23N5O2S2/c1-13-10-20-19(15-4-2-5-15)24(13)12-14-8-9-23(11-14)28(25,26)17-7-3-6-16-18(17)22-27-21-16/h3,6-7,10,14-15H,2,4-5,8-9,11-12H2,1H3. The molecule has 1 saturated carbocycles. The minimum atomic E-state index is -3.56. The number of sulfonamides is 1. The van der Waals surface area contributed by atoms with Crippen LogP contribution in [-0.2, 0) is 16.6 Å². The quantitative estimate of drug-likeness (QED) is 0.637. The highest BCUT2D eigenvalue weighted by molar-refractivity contribution is 7.89. The molecular weight excluding hydrogens is 394 g/mol. The zero-order chi connectivity index (χ0) is 19.3. The van der Waals surface area contributed by atoms with Crippen LogP contribution in [0.1, 0.15) is 43.1 Å². The first-order valence-electron chi connectivity index (χ1n) is 9.77. The Morgan fingerprint density at radius 2 is 2.07 bits per heavy atom. The van der Waals surface area contributed by atoms with Gasteiger partial charge in [-0.3, -0.25) is 0 Å². The Hall–Kier alpha value is -1.84. The van der Waals surface area contributed by atoms with Gasteiger partial charge in [0.15, 0.2) is 0 Å². The molecule has 1 atom stereocenters. The maximum Gasteiger partial charge on any atom is 0.245 e. The lowest BCUT2D eigenvalue weighted by molar-refractivity contribution is 0.364. The molecule has 2 aromatic heterocycles. The highest BCUT2D eigenvalue weighted by Crippen LogP contribution is 2.37. The molecule has 3 aromatic rings. The number of nitrogens with zero attached hydrogens (tertiary/aromatic N) is 5. The molecule has 3 heterocycles. The summed E-state index contributed by atoms with van der Waals surface area (Å²) in [5, 5.41) is 0. The van der Waals surface area contributed by atoms with Gasteiger partial charge in [-0.25, -0.2) is 13.4 Å². The Balaban J connectivity index is 1.36. The van der Waals surface area contributed by atoms with E-state index in [1.54, 1.807) is 22.5 Å². The highest BCUT2D eigenvalue weighted by Gasteiger charge is 2.35. The van der Waals surface area contributed by atoms with E-state index in [1.165, 1.54) is 30.8 Å². The van der Waals surface area contributed by atoms with Crippen LogP contribution in [0, 0.1) is 12.8 Å². The van der Waals surface area contributed by atoms with Crippen molar-refractivity contribution in [3.8, 4) is 0 Å². The van der Waals surface area contributed by atoms with Crippen molar-refractivity contribution in [1.82, 2.24) is 22.6 Å². The number of rotatable bonds is 5. The first kappa shape index (κ1) is 18.2. The van der Waals surface area contributed by atoms with Crippen LogP contribution in [0.25, 0.3) is 11.0 Å². The van der Waals surface area contributed by atoms with E-state index in [0.717, 1.165) is 24.7 Å². The molecule has 2 fully saturated rings. The van der Waals surface area contributed by atoms with Gasteiger partial charge in [-0.2, -0.15) is 13.1 Å². The number of imidazole rings is 1. The maximum absolute atomic E-state index is 13.2. The fraction of sp³-hybridized carbons (Fsp3) is 0.526. The number of fused-ring (bicyclic) bond motifs is 1. The minimum absolute atomic E-state index is 0.272. The number of aromatic nitrogens is 4. The fourth-order valence-electron chi connectivity index (χ4n) is 4.26. The van der Waals surface area contributed by atoms with Crippen LogP contribution in [0.5, 0.6) is 0 Å². The van der Waals surface area contributed by atoms with Crippen molar-refractivity contribution in [3.05, 3.63) is 35.9 Å². The lowest BCUT2D eigenvalue weighted by Gasteiger charge is -2.27. The molecule has 7 nitrogen and oxygen atoms in total. The summed E-state index contributed by atoms with van der Waals surface area (Å²) in [7, 11) is -3.56. The predicted octanol–water partition coefficient (Wildman–Crippen LogP) is 3.17. The topological polar surface area (TPSA) is 81.0 Å². The van der Waals surface area contributed by atoms with Gasteiger partial charge in [0.25, 0.3) is 0 Å². The second kappa shape index (κ2) is 6.89. The molecule has 28 heavy (non-hydrogen) atoms. The monoisotopic (exact) mass is 417 g/mol. The van der Waals surface area contributed by atoms with Crippen molar-refractivity contribution in [1.29, 1.82) is 0 Å². The molecule has 0 radical (unpaired) electrons. The van der Waals surface area contributed by atoms with Crippen LogP contribution < -0.4 is 0 Å². The van der Waals surface area contributed by atoms with E-state index in [4.69, 9.17) is 0 Å². The van der Waals surface area contributed by atoms with E-state index < -0.39 is 10.0 Å². The second-order valence-corrected chi connectivity index (χ2v) is 10.3. The summed E-state index contributed by atoms with van der Waals surface area (Å²) in [5.74, 6) is 2.06. The smallest absolute Gasteiger partial charge is 0.245 e. The molecular formula is C19H23N5O2S2. The third-order valence-electron chi connectivity index (χ3n) is 6.11. The first-order valence-corrected chi connectivity index (χ1v) is 11.9. The third-order valence-corrected chi connectivity index (χ3v) is 8.55. The second-order valence-electron chi connectivity index (χ2n) is 7.90. The normalized spacial score (nSPS) is 21.4. The summed E-state index contributed by atoms with van der Waals surface area (Å²) in [6.45, 7) is 4.02. The predicted molar refractivity (Wildman–Crippen MR) is 108 cm³/mol. The summed E-state index contributed by atoms with van der Waals surface area (Å²) >= 11 is 1.05. The number of aryl methyl sites for hydroxylation is 1. The number of hydrogen-bond donors (Lipinski definition) is 0. The lowest BCUT2D eigenvalue weighted by atomic mass is 9.84. The Morgan fingerprint density at radius 3 is 2.86 bits per heavy atom. The molecule has 9 heteroatoms. The van der Waals surface area contributed by atoms with Crippen molar-refractivity contribution < 1.29 is 8.42 Å². The Bertz CT molecular complexity index is 1120. The summed E-state index contributed by atoms with van der Waals surface area (Å²) in [6.07, 6.45) is 6.53. The number of hydrogen-bond acceptors (Lipinski definition) is 6. The van der Waals surface area contributed by atoms with E-state index in [1.807, 2.05) is 6.20 Å². The van der Waals surface area contributed by atoms with Crippen molar-refractivity contribution in [3.63, 3.8) is 0 Å². The Kier molecular flexibility index (Phi) is 4.48. The van der Waals surface area contributed by atoms with Crippen LogP contribution >= 0.6 is 11.7 Å². The zero-order valence-electron chi connectivity index (χ0n) is 15.8. The van der Waals surface area contributed by atoms with Crippen molar-refractivity contribution in [2.45, 2.75) is 50.0 Å². The van der Waals surface area contributed by atoms with Crippen molar-refractivity contribution >= 4 is 32.8 Å². The molecule has 1 aromatic carbocycles. The van der Waals surface area contributed by atoms with Gasteiger partial charge < -0.3 is 4.57 Å².